The van der Waals surface area contributed by atoms with Crippen LogP contribution in [0.3, 0.4) is 0 Å². The number of hydrogen-bond acceptors (Lipinski definition) is 5. The Labute approximate surface area is 158 Å². The molecule has 27 heavy (non-hydrogen) atoms. The van der Waals surface area contributed by atoms with E-state index in [-0.39, 0.29) is 10.7 Å². The molecule has 7 heteroatoms. The number of sulfonamides is 1. The minimum atomic E-state index is -3.69. The highest BCUT2D eigenvalue weighted by Crippen LogP contribution is 2.25. The van der Waals surface area contributed by atoms with Gasteiger partial charge in [-0.1, -0.05) is 24.3 Å². The normalized spacial score (nSPS) is 13.6. The molecule has 138 valence electrons. The number of hydrogen-bond donors (Lipinski definition) is 2. The fourth-order valence-corrected chi connectivity index (χ4v) is 4.24. The largest absolute Gasteiger partial charge is 0.339 e. The molecule has 1 aromatic heterocycles. The number of nitrogens with zero attached hydrogens (tertiary/aromatic N) is 2. The fourth-order valence-electron chi connectivity index (χ4n) is 3.20. The van der Waals surface area contributed by atoms with Crippen LogP contribution in [-0.4, -0.2) is 18.6 Å². The Hall–Kier alpha value is -2.93. The van der Waals surface area contributed by atoms with E-state index in [1.165, 1.54) is 5.56 Å². The Morgan fingerprint density at radius 2 is 1.48 bits per heavy atom. The zero-order valence-electron chi connectivity index (χ0n) is 14.7. The maximum atomic E-state index is 12.7. The molecule has 0 aliphatic heterocycles. The summed E-state index contributed by atoms with van der Waals surface area (Å²) in [6, 6.07) is 18.2. The van der Waals surface area contributed by atoms with E-state index in [1.54, 1.807) is 24.3 Å². The van der Waals surface area contributed by atoms with Crippen molar-refractivity contribution >= 4 is 27.3 Å². The summed E-state index contributed by atoms with van der Waals surface area (Å²) in [4.78, 5) is 0.261. The number of aryl methyl sites for hydroxylation is 2. The summed E-state index contributed by atoms with van der Waals surface area (Å²) in [6.07, 6.45) is 4.21. The molecule has 0 bridgehead atoms. The van der Waals surface area contributed by atoms with Crippen LogP contribution in [-0.2, 0) is 22.9 Å². The van der Waals surface area contributed by atoms with Crippen molar-refractivity contribution in [3.8, 4) is 0 Å². The van der Waals surface area contributed by atoms with Gasteiger partial charge < -0.3 is 5.32 Å². The summed E-state index contributed by atoms with van der Waals surface area (Å²) in [5.41, 5.74) is 3.25. The molecule has 0 spiro atoms. The lowest BCUT2D eigenvalue weighted by Gasteiger charge is -2.16. The molecular weight excluding hydrogens is 360 g/mol. The Bertz CT molecular complexity index is 1040. The van der Waals surface area contributed by atoms with Crippen LogP contribution in [0.15, 0.2) is 65.6 Å². The van der Waals surface area contributed by atoms with E-state index in [1.807, 2.05) is 36.4 Å². The number of aromatic nitrogens is 2. The van der Waals surface area contributed by atoms with Crippen molar-refractivity contribution in [2.45, 2.75) is 30.6 Å². The molecule has 2 N–H and O–H groups in total. The van der Waals surface area contributed by atoms with E-state index in [0.29, 0.717) is 5.82 Å². The first-order valence-electron chi connectivity index (χ1n) is 8.91. The third kappa shape index (κ3) is 4.09. The zero-order valence-corrected chi connectivity index (χ0v) is 15.5. The number of nitrogens with one attached hydrogen (secondary N) is 2. The third-order valence-corrected chi connectivity index (χ3v) is 5.93. The molecule has 3 aromatic rings. The maximum absolute atomic E-state index is 12.7. The molecule has 4 rings (SSSR count). The summed E-state index contributed by atoms with van der Waals surface area (Å²) in [6.45, 7) is 0. The molecule has 2 aromatic carbocycles. The van der Waals surface area contributed by atoms with E-state index in [0.717, 1.165) is 36.9 Å². The molecular formula is C20H20N4O2S. The Morgan fingerprint density at radius 1 is 0.778 bits per heavy atom. The first-order chi connectivity index (χ1) is 13.1. The lowest BCUT2D eigenvalue weighted by Crippen LogP contribution is -2.15. The quantitative estimate of drug-likeness (QED) is 0.701. The molecule has 6 nitrogen and oxygen atoms in total. The van der Waals surface area contributed by atoms with Crippen molar-refractivity contribution in [2.75, 3.05) is 10.0 Å². The molecule has 0 atom stereocenters. The van der Waals surface area contributed by atoms with Gasteiger partial charge >= 0.3 is 0 Å². The van der Waals surface area contributed by atoms with E-state index in [4.69, 9.17) is 0 Å². The number of rotatable bonds is 5. The Balaban J connectivity index is 1.49. The van der Waals surface area contributed by atoms with Crippen molar-refractivity contribution in [1.29, 1.82) is 0 Å². The van der Waals surface area contributed by atoms with Gasteiger partial charge in [0, 0.05) is 5.69 Å². The monoisotopic (exact) mass is 380 g/mol. The lowest BCUT2D eigenvalue weighted by molar-refractivity contribution is 0.600. The smallest absolute Gasteiger partial charge is 0.263 e. The fraction of sp³-hybridized carbons (Fsp3) is 0.200. The zero-order chi connectivity index (χ0) is 18.7. The molecule has 0 unspecified atom stereocenters. The summed E-state index contributed by atoms with van der Waals surface area (Å²) < 4.78 is 27.8. The minimum absolute atomic E-state index is 0.186. The van der Waals surface area contributed by atoms with Crippen LogP contribution < -0.4 is 10.0 Å². The Kier molecular flexibility index (Phi) is 4.77. The predicted octanol–water partition coefficient (Wildman–Crippen LogP) is 3.90. The van der Waals surface area contributed by atoms with Gasteiger partial charge in [-0.15, -0.1) is 10.2 Å². The number of benzene rings is 2. The summed E-state index contributed by atoms with van der Waals surface area (Å²) in [5, 5.41) is 11.1. The number of fused-ring (bicyclic) bond motifs is 1. The molecule has 1 heterocycles. The maximum Gasteiger partial charge on any atom is 0.263 e. The highest BCUT2D eigenvalue weighted by molar-refractivity contribution is 7.92. The number of para-hydroxylation sites is 1. The Morgan fingerprint density at radius 3 is 2.22 bits per heavy atom. The van der Waals surface area contributed by atoms with E-state index in [9.17, 15) is 8.42 Å². The second-order valence-corrected chi connectivity index (χ2v) is 8.22. The minimum Gasteiger partial charge on any atom is -0.339 e. The lowest BCUT2D eigenvalue weighted by atomic mass is 9.92. The van der Waals surface area contributed by atoms with Crippen LogP contribution in [0.1, 0.15) is 24.0 Å². The van der Waals surface area contributed by atoms with Crippen LogP contribution in [0, 0.1) is 0 Å². The average molecular weight is 380 g/mol. The van der Waals surface area contributed by atoms with E-state index < -0.39 is 10.0 Å². The van der Waals surface area contributed by atoms with Crippen LogP contribution in [0.5, 0.6) is 0 Å². The van der Waals surface area contributed by atoms with Gasteiger partial charge in [-0.25, -0.2) is 8.42 Å². The van der Waals surface area contributed by atoms with Gasteiger partial charge in [-0.3, -0.25) is 4.72 Å². The van der Waals surface area contributed by atoms with Crippen molar-refractivity contribution in [3.63, 3.8) is 0 Å². The molecule has 1 aliphatic carbocycles. The summed E-state index contributed by atoms with van der Waals surface area (Å²) in [5.74, 6) is 0.726. The first-order valence-corrected chi connectivity index (χ1v) is 10.4. The van der Waals surface area contributed by atoms with Crippen LogP contribution in [0.2, 0.25) is 0 Å². The predicted molar refractivity (Wildman–Crippen MR) is 106 cm³/mol. The van der Waals surface area contributed by atoms with Gasteiger partial charge in [0.25, 0.3) is 10.0 Å². The average Bonchev–Trinajstić information content (AvgIpc) is 2.70. The molecule has 1 aliphatic rings. The summed E-state index contributed by atoms with van der Waals surface area (Å²) in [7, 11) is -3.69. The van der Waals surface area contributed by atoms with Crippen molar-refractivity contribution in [3.05, 3.63) is 71.8 Å². The van der Waals surface area contributed by atoms with Crippen LogP contribution >= 0.6 is 0 Å². The van der Waals surface area contributed by atoms with Gasteiger partial charge in [0.2, 0.25) is 0 Å². The second-order valence-electron chi connectivity index (χ2n) is 6.54. The van der Waals surface area contributed by atoms with E-state index in [2.05, 4.69) is 20.2 Å². The molecule has 0 amide bonds. The molecule has 0 saturated heterocycles. The van der Waals surface area contributed by atoms with Gasteiger partial charge in [-0.2, -0.15) is 0 Å². The van der Waals surface area contributed by atoms with Crippen molar-refractivity contribution < 1.29 is 8.42 Å². The SMILES string of the molecule is O=S(=O)(Nc1ccc(Nc2ccccc2)nn1)c1ccc2c(c1)CCCC2. The van der Waals surface area contributed by atoms with Crippen molar-refractivity contribution in [2.24, 2.45) is 0 Å². The molecule has 0 fully saturated rings. The van der Waals surface area contributed by atoms with Crippen LogP contribution in [0.4, 0.5) is 17.3 Å². The topological polar surface area (TPSA) is 84.0 Å². The number of anilines is 3. The second kappa shape index (κ2) is 7.36. The van der Waals surface area contributed by atoms with Crippen LogP contribution in [0.25, 0.3) is 0 Å². The van der Waals surface area contributed by atoms with Gasteiger partial charge in [-0.05, 0) is 73.2 Å². The molecule has 0 radical (unpaired) electrons. The van der Waals surface area contributed by atoms with E-state index >= 15 is 0 Å². The van der Waals surface area contributed by atoms with Gasteiger partial charge in [0.05, 0.1) is 4.90 Å². The highest BCUT2D eigenvalue weighted by atomic mass is 32.2. The third-order valence-electron chi connectivity index (χ3n) is 4.58. The standard InChI is InChI=1S/C20H20N4O2S/c25-27(26,18-11-10-15-6-4-5-7-16(15)14-18)24-20-13-12-19(22-23-20)21-17-8-2-1-3-9-17/h1-3,8-14H,4-7H2,(H,21,22)(H,23,24). The van der Waals surface area contributed by atoms with Crippen molar-refractivity contribution in [1.82, 2.24) is 10.2 Å². The first kappa shape index (κ1) is 17.5. The molecule has 0 saturated carbocycles. The summed E-state index contributed by atoms with van der Waals surface area (Å²) >= 11 is 0. The van der Waals surface area contributed by atoms with Gasteiger partial charge in [0.15, 0.2) is 11.6 Å². The van der Waals surface area contributed by atoms with Gasteiger partial charge in [0.1, 0.15) is 0 Å². The highest BCUT2D eigenvalue weighted by Gasteiger charge is 2.18.